The van der Waals surface area contributed by atoms with Gasteiger partial charge < -0.3 is 15.3 Å². The first-order chi connectivity index (χ1) is 6.49. The summed E-state index contributed by atoms with van der Waals surface area (Å²) in [6, 6.07) is 0.932. The molecule has 0 aliphatic heterocycles. The molecule has 0 aromatic heterocycles. The molecule has 0 radical (unpaired) electrons. The number of carbonyl (C=O) groups excluding carboxylic acids is 1. The SMILES string of the molecule is Cc1c(O)cc(C(=O)O)c(C=O)c1O. The number of carboxylic acids is 1. The number of carboxylic acid groups (broad SMARTS) is 1. The van der Waals surface area contributed by atoms with Crippen LogP contribution in [-0.4, -0.2) is 27.6 Å². The van der Waals surface area contributed by atoms with Gasteiger partial charge in [-0.05, 0) is 13.0 Å². The molecule has 3 N–H and O–H groups in total. The molecule has 0 unspecified atom stereocenters. The van der Waals surface area contributed by atoms with Gasteiger partial charge in [0.1, 0.15) is 11.5 Å². The van der Waals surface area contributed by atoms with E-state index in [1.165, 1.54) is 6.92 Å². The van der Waals surface area contributed by atoms with Crippen molar-refractivity contribution >= 4 is 12.3 Å². The van der Waals surface area contributed by atoms with Crippen molar-refractivity contribution in [3.63, 3.8) is 0 Å². The third kappa shape index (κ3) is 1.39. The molecule has 1 rings (SSSR count). The maximum atomic E-state index is 10.6. The third-order valence-corrected chi connectivity index (χ3v) is 1.91. The Hall–Kier alpha value is -2.04. The molecule has 0 fully saturated rings. The summed E-state index contributed by atoms with van der Waals surface area (Å²) in [6.07, 6.45) is 0.241. The van der Waals surface area contributed by atoms with Crippen LogP contribution < -0.4 is 0 Å². The van der Waals surface area contributed by atoms with Gasteiger partial charge >= 0.3 is 5.97 Å². The molecule has 14 heavy (non-hydrogen) atoms. The van der Waals surface area contributed by atoms with Crippen LogP contribution in [0.2, 0.25) is 0 Å². The maximum Gasteiger partial charge on any atom is 0.336 e. The number of benzene rings is 1. The molecule has 0 atom stereocenters. The molecule has 0 saturated carbocycles. The highest BCUT2D eigenvalue weighted by molar-refractivity contribution is 6.00. The number of rotatable bonds is 2. The summed E-state index contributed by atoms with van der Waals surface area (Å²) >= 11 is 0. The quantitative estimate of drug-likeness (QED) is 0.611. The van der Waals surface area contributed by atoms with Crippen LogP contribution in [0, 0.1) is 6.92 Å². The summed E-state index contributed by atoms with van der Waals surface area (Å²) in [6.45, 7) is 1.38. The van der Waals surface area contributed by atoms with E-state index in [1.807, 2.05) is 0 Å². The largest absolute Gasteiger partial charge is 0.508 e. The molecule has 74 valence electrons. The standard InChI is InChI=1S/C9H8O5/c1-4-7(11)2-5(9(13)14)6(3-10)8(4)12/h2-3,11-12H,1H3,(H,13,14). The average Bonchev–Trinajstić information content (AvgIpc) is 2.13. The Morgan fingerprint density at radius 2 is 2.00 bits per heavy atom. The third-order valence-electron chi connectivity index (χ3n) is 1.91. The zero-order chi connectivity index (χ0) is 10.9. The van der Waals surface area contributed by atoms with Crippen LogP contribution in [0.25, 0.3) is 0 Å². The minimum absolute atomic E-state index is 0.0806. The van der Waals surface area contributed by atoms with Crippen LogP contribution >= 0.6 is 0 Å². The highest BCUT2D eigenvalue weighted by Gasteiger charge is 2.18. The summed E-state index contributed by atoms with van der Waals surface area (Å²) in [4.78, 5) is 21.1. The maximum absolute atomic E-state index is 10.6. The van der Waals surface area contributed by atoms with E-state index in [1.54, 1.807) is 0 Å². The van der Waals surface area contributed by atoms with E-state index in [2.05, 4.69) is 0 Å². The number of hydrogen-bond donors (Lipinski definition) is 3. The fraction of sp³-hybridized carbons (Fsp3) is 0.111. The number of phenolic OH excluding ortho intramolecular Hbond substituents is 2. The van der Waals surface area contributed by atoms with Crippen molar-refractivity contribution in [2.45, 2.75) is 6.92 Å². The summed E-state index contributed by atoms with van der Waals surface area (Å²) in [5.74, 6) is -2.24. The zero-order valence-electron chi connectivity index (χ0n) is 7.31. The summed E-state index contributed by atoms with van der Waals surface area (Å²) in [5.41, 5.74) is -0.662. The molecule has 0 aliphatic carbocycles. The first-order valence-electron chi connectivity index (χ1n) is 3.73. The molecule has 0 heterocycles. The molecule has 0 aliphatic rings. The topological polar surface area (TPSA) is 94.8 Å². The molecule has 0 saturated heterocycles. The van der Waals surface area contributed by atoms with Crippen molar-refractivity contribution in [2.75, 3.05) is 0 Å². The lowest BCUT2D eigenvalue weighted by molar-refractivity contribution is 0.0693. The van der Waals surface area contributed by atoms with Gasteiger partial charge in [-0.2, -0.15) is 0 Å². The van der Waals surface area contributed by atoms with Crippen molar-refractivity contribution < 1.29 is 24.9 Å². The predicted octanol–water partition coefficient (Wildman–Crippen LogP) is 0.917. The summed E-state index contributed by atoms with van der Waals surface area (Å²) < 4.78 is 0. The Morgan fingerprint density at radius 1 is 1.43 bits per heavy atom. The predicted molar refractivity (Wildman–Crippen MR) is 46.9 cm³/mol. The van der Waals surface area contributed by atoms with E-state index in [0.29, 0.717) is 0 Å². The van der Waals surface area contributed by atoms with Gasteiger partial charge in [-0.15, -0.1) is 0 Å². The average molecular weight is 196 g/mol. The molecule has 0 amide bonds. The Morgan fingerprint density at radius 3 is 2.43 bits per heavy atom. The fourth-order valence-corrected chi connectivity index (χ4v) is 1.07. The second-order valence-corrected chi connectivity index (χ2v) is 2.75. The summed E-state index contributed by atoms with van der Waals surface area (Å²) in [7, 11) is 0. The second-order valence-electron chi connectivity index (χ2n) is 2.75. The van der Waals surface area contributed by atoms with E-state index < -0.39 is 17.3 Å². The van der Waals surface area contributed by atoms with Crippen LogP contribution in [0.3, 0.4) is 0 Å². The van der Waals surface area contributed by atoms with Crippen molar-refractivity contribution in [1.82, 2.24) is 0 Å². The molecular formula is C9H8O5. The van der Waals surface area contributed by atoms with Gasteiger partial charge in [-0.1, -0.05) is 0 Å². The molecular weight excluding hydrogens is 188 g/mol. The van der Waals surface area contributed by atoms with Crippen LogP contribution in [0.4, 0.5) is 0 Å². The molecule has 0 spiro atoms. The van der Waals surface area contributed by atoms with E-state index >= 15 is 0 Å². The Balaban J connectivity index is 3.59. The van der Waals surface area contributed by atoms with Gasteiger partial charge in [0.2, 0.25) is 0 Å². The molecule has 0 bridgehead atoms. The number of aldehydes is 1. The highest BCUT2D eigenvalue weighted by atomic mass is 16.4. The molecule has 1 aromatic carbocycles. The minimum Gasteiger partial charge on any atom is -0.508 e. The lowest BCUT2D eigenvalue weighted by Gasteiger charge is -2.07. The van der Waals surface area contributed by atoms with Gasteiger partial charge in [0, 0.05) is 5.56 Å². The van der Waals surface area contributed by atoms with Crippen LogP contribution in [0.15, 0.2) is 6.07 Å². The minimum atomic E-state index is -1.38. The number of carbonyl (C=O) groups is 2. The fourth-order valence-electron chi connectivity index (χ4n) is 1.07. The number of aromatic hydroxyl groups is 2. The van der Waals surface area contributed by atoms with E-state index in [9.17, 15) is 19.8 Å². The van der Waals surface area contributed by atoms with E-state index in [-0.39, 0.29) is 23.2 Å². The van der Waals surface area contributed by atoms with Gasteiger partial charge in [0.25, 0.3) is 0 Å². The molecule has 1 aromatic rings. The van der Waals surface area contributed by atoms with E-state index in [4.69, 9.17) is 5.11 Å². The summed E-state index contributed by atoms with van der Waals surface area (Å²) in [5, 5.41) is 27.2. The first kappa shape index (κ1) is 10.0. The Labute approximate surface area is 79.2 Å². The van der Waals surface area contributed by atoms with Gasteiger partial charge in [0.05, 0.1) is 11.1 Å². The lowest BCUT2D eigenvalue weighted by atomic mass is 10.0. The van der Waals surface area contributed by atoms with Crippen molar-refractivity contribution in [1.29, 1.82) is 0 Å². The van der Waals surface area contributed by atoms with Crippen molar-refractivity contribution in [3.05, 3.63) is 22.8 Å². The normalized spacial score (nSPS) is 9.79. The van der Waals surface area contributed by atoms with Crippen LogP contribution in [0.1, 0.15) is 26.3 Å². The second kappa shape index (κ2) is 3.37. The Kier molecular flexibility index (Phi) is 2.42. The highest BCUT2D eigenvalue weighted by Crippen LogP contribution is 2.31. The zero-order valence-corrected chi connectivity index (χ0v) is 7.31. The van der Waals surface area contributed by atoms with E-state index in [0.717, 1.165) is 6.07 Å². The van der Waals surface area contributed by atoms with Gasteiger partial charge in [-0.25, -0.2) is 4.79 Å². The van der Waals surface area contributed by atoms with Crippen LogP contribution in [0.5, 0.6) is 11.5 Å². The van der Waals surface area contributed by atoms with Crippen LogP contribution in [-0.2, 0) is 0 Å². The number of hydrogen-bond acceptors (Lipinski definition) is 4. The first-order valence-corrected chi connectivity index (χ1v) is 3.73. The smallest absolute Gasteiger partial charge is 0.336 e. The molecule has 5 nitrogen and oxygen atoms in total. The number of aromatic carboxylic acids is 1. The Bertz CT molecular complexity index is 408. The monoisotopic (exact) mass is 196 g/mol. The van der Waals surface area contributed by atoms with Gasteiger partial charge in [0.15, 0.2) is 6.29 Å². The molecule has 5 heteroatoms. The lowest BCUT2D eigenvalue weighted by Crippen LogP contribution is -2.03. The van der Waals surface area contributed by atoms with Crippen molar-refractivity contribution in [3.8, 4) is 11.5 Å². The van der Waals surface area contributed by atoms with Crippen molar-refractivity contribution in [2.24, 2.45) is 0 Å². The van der Waals surface area contributed by atoms with Gasteiger partial charge in [-0.3, -0.25) is 4.79 Å². The number of phenols is 2.